The first-order chi connectivity index (χ1) is 8.50. The van der Waals surface area contributed by atoms with E-state index in [1.54, 1.807) is 0 Å². The van der Waals surface area contributed by atoms with Crippen LogP contribution in [-0.2, 0) is 0 Å². The third kappa shape index (κ3) is 4.63. The molecule has 1 aromatic rings. The summed E-state index contributed by atoms with van der Waals surface area (Å²) in [6.45, 7) is 6.39. The predicted octanol–water partition coefficient (Wildman–Crippen LogP) is 3.28. The molecule has 1 aromatic carbocycles. The third-order valence-corrected chi connectivity index (χ3v) is 4.68. The van der Waals surface area contributed by atoms with Crippen molar-refractivity contribution < 1.29 is 5.11 Å². The first kappa shape index (κ1) is 15.5. The second kappa shape index (κ2) is 7.17. The Balaban J connectivity index is 2.40. The summed E-state index contributed by atoms with van der Waals surface area (Å²) in [5, 5.41) is 9.25. The largest absolute Gasteiger partial charge is 0.394 e. The molecule has 0 fully saturated rings. The van der Waals surface area contributed by atoms with Gasteiger partial charge in [-0.05, 0) is 50.5 Å². The Morgan fingerprint density at radius 1 is 1.33 bits per heavy atom. The Labute approximate surface area is 115 Å². The van der Waals surface area contributed by atoms with Crippen LogP contribution in [0.5, 0.6) is 0 Å². The molecule has 0 amide bonds. The van der Waals surface area contributed by atoms with Gasteiger partial charge in [0, 0.05) is 10.4 Å². The van der Waals surface area contributed by atoms with Gasteiger partial charge in [-0.2, -0.15) is 0 Å². The zero-order valence-electron chi connectivity index (χ0n) is 11.7. The second-order valence-electron chi connectivity index (χ2n) is 5.10. The standard InChI is InChI=1S/C15H25NOS/c1-4-15(16,11-17)8-5-9-18-14-10-12(2)6-7-13(14)3/h6-7,10,17H,4-5,8-9,11,16H2,1-3H3. The van der Waals surface area contributed by atoms with Crippen molar-refractivity contribution in [1.82, 2.24) is 0 Å². The lowest BCUT2D eigenvalue weighted by Crippen LogP contribution is -2.42. The zero-order chi connectivity index (χ0) is 13.6. The van der Waals surface area contributed by atoms with Crippen molar-refractivity contribution in [2.75, 3.05) is 12.4 Å². The van der Waals surface area contributed by atoms with Crippen LogP contribution in [0.25, 0.3) is 0 Å². The highest BCUT2D eigenvalue weighted by atomic mass is 32.2. The van der Waals surface area contributed by atoms with E-state index in [0.29, 0.717) is 0 Å². The molecule has 0 aliphatic rings. The molecular formula is C15H25NOS. The topological polar surface area (TPSA) is 46.2 Å². The van der Waals surface area contributed by atoms with Crippen molar-refractivity contribution in [3.63, 3.8) is 0 Å². The van der Waals surface area contributed by atoms with E-state index < -0.39 is 0 Å². The molecule has 0 bridgehead atoms. The highest BCUT2D eigenvalue weighted by molar-refractivity contribution is 7.99. The lowest BCUT2D eigenvalue weighted by Gasteiger charge is -2.25. The molecule has 3 heteroatoms. The maximum Gasteiger partial charge on any atom is 0.0611 e. The van der Waals surface area contributed by atoms with E-state index in [9.17, 15) is 5.11 Å². The number of hydrogen-bond acceptors (Lipinski definition) is 3. The Bertz CT molecular complexity index is 375. The highest BCUT2D eigenvalue weighted by Crippen LogP contribution is 2.25. The number of thioether (sulfide) groups is 1. The van der Waals surface area contributed by atoms with Gasteiger partial charge in [-0.1, -0.05) is 24.6 Å². The average molecular weight is 267 g/mol. The van der Waals surface area contributed by atoms with Gasteiger partial charge >= 0.3 is 0 Å². The van der Waals surface area contributed by atoms with E-state index in [2.05, 4.69) is 32.0 Å². The summed E-state index contributed by atoms with van der Waals surface area (Å²) in [7, 11) is 0. The summed E-state index contributed by atoms with van der Waals surface area (Å²) in [6, 6.07) is 6.55. The van der Waals surface area contributed by atoms with Gasteiger partial charge in [0.2, 0.25) is 0 Å². The van der Waals surface area contributed by atoms with Crippen molar-refractivity contribution in [3.8, 4) is 0 Å². The van der Waals surface area contributed by atoms with Crippen molar-refractivity contribution >= 4 is 11.8 Å². The van der Waals surface area contributed by atoms with Crippen LogP contribution >= 0.6 is 11.8 Å². The van der Waals surface area contributed by atoms with E-state index >= 15 is 0 Å². The molecule has 0 aliphatic carbocycles. The summed E-state index contributed by atoms with van der Waals surface area (Å²) in [6.07, 6.45) is 2.76. The number of rotatable bonds is 7. The van der Waals surface area contributed by atoms with Crippen molar-refractivity contribution in [1.29, 1.82) is 0 Å². The fraction of sp³-hybridized carbons (Fsp3) is 0.600. The fourth-order valence-electron chi connectivity index (χ4n) is 1.84. The minimum atomic E-state index is -0.387. The van der Waals surface area contributed by atoms with Crippen LogP contribution in [0.3, 0.4) is 0 Å². The van der Waals surface area contributed by atoms with Gasteiger partial charge < -0.3 is 10.8 Å². The smallest absolute Gasteiger partial charge is 0.0611 e. The highest BCUT2D eigenvalue weighted by Gasteiger charge is 2.20. The molecular weight excluding hydrogens is 242 g/mol. The molecule has 0 heterocycles. The SMILES string of the molecule is CCC(N)(CO)CCCSc1cc(C)ccc1C. The van der Waals surface area contributed by atoms with Crippen LogP contribution in [0.1, 0.15) is 37.3 Å². The first-order valence-electron chi connectivity index (χ1n) is 6.60. The Morgan fingerprint density at radius 3 is 2.67 bits per heavy atom. The summed E-state index contributed by atoms with van der Waals surface area (Å²) in [5.74, 6) is 1.06. The van der Waals surface area contributed by atoms with Gasteiger partial charge in [-0.3, -0.25) is 0 Å². The minimum absolute atomic E-state index is 0.0810. The molecule has 3 N–H and O–H groups in total. The van der Waals surface area contributed by atoms with Crippen molar-refractivity contribution in [2.24, 2.45) is 5.73 Å². The Hall–Kier alpha value is -0.510. The molecule has 1 unspecified atom stereocenters. The molecule has 2 nitrogen and oxygen atoms in total. The second-order valence-corrected chi connectivity index (χ2v) is 6.23. The number of benzene rings is 1. The van der Waals surface area contributed by atoms with Gasteiger partial charge in [-0.25, -0.2) is 0 Å². The van der Waals surface area contributed by atoms with Crippen LogP contribution in [-0.4, -0.2) is 23.0 Å². The molecule has 0 radical (unpaired) electrons. The fourth-order valence-corrected chi connectivity index (χ4v) is 2.91. The van der Waals surface area contributed by atoms with E-state index in [-0.39, 0.29) is 12.1 Å². The van der Waals surface area contributed by atoms with Crippen LogP contribution in [0, 0.1) is 13.8 Å². The van der Waals surface area contributed by atoms with Gasteiger partial charge in [-0.15, -0.1) is 11.8 Å². The van der Waals surface area contributed by atoms with E-state index in [4.69, 9.17) is 5.73 Å². The minimum Gasteiger partial charge on any atom is -0.394 e. The molecule has 0 aromatic heterocycles. The quantitative estimate of drug-likeness (QED) is 0.589. The number of aliphatic hydroxyl groups is 1. The normalized spacial score (nSPS) is 14.5. The maximum atomic E-state index is 9.25. The lowest BCUT2D eigenvalue weighted by molar-refractivity contribution is 0.182. The molecule has 0 spiro atoms. The predicted molar refractivity (Wildman–Crippen MR) is 80.2 cm³/mol. The van der Waals surface area contributed by atoms with E-state index in [1.165, 1.54) is 16.0 Å². The summed E-state index contributed by atoms with van der Waals surface area (Å²) >= 11 is 1.89. The number of aryl methyl sites for hydroxylation is 2. The monoisotopic (exact) mass is 267 g/mol. The van der Waals surface area contributed by atoms with E-state index in [1.807, 2.05) is 18.7 Å². The first-order valence-corrected chi connectivity index (χ1v) is 7.59. The van der Waals surface area contributed by atoms with Crippen LogP contribution < -0.4 is 5.73 Å². The molecule has 1 atom stereocenters. The van der Waals surface area contributed by atoms with Crippen LogP contribution in [0.15, 0.2) is 23.1 Å². The van der Waals surface area contributed by atoms with E-state index in [0.717, 1.165) is 25.0 Å². The van der Waals surface area contributed by atoms with Gasteiger partial charge in [0.15, 0.2) is 0 Å². The number of nitrogens with two attached hydrogens (primary N) is 1. The van der Waals surface area contributed by atoms with Crippen LogP contribution in [0.4, 0.5) is 0 Å². The molecule has 1 rings (SSSR count). The van der Waals surface area contributed by atoms with Gasteiger partial charge in [0.1, 0.15) is 0 Å². The summed E-state index contributed by atoms with van der Waals surface area (Å²) in [5.41, 5.74) is 8.33. The van der Waals surface area contributed by atoms with Gasteiger partial charge in [0.25, 0.3) is 0 Å². The van der Waals surface area contributed by atoms with Crippen LogP contribution in [0.2, 0.25) is 0 Å². The third-order valence-electron chi connectivity index (χ3n) is 3.44. The Morgan fingerprint density at radius 2 is 2.06 bits per heavy atom. The number of aliphatic hydroxyl groups excluding tert-OH is 1. The molecule has 0 aliphatic heterocycles. The molecule has 0 saturated heterocycles. The van der Waals surface area contributed by atoms with Crippen molar-refractivity contribution in [3.05, 3.63) is 29.3 Å². The zero-order valence-corrected chi connectivity index (χ0v) is 12.5. The van der Waals surface area contributed by atoms with Gasteiger partial charge in [0.05, 0.1) is 6.61 Å². The molecule has 0 saturated carbocycles. The number of hydrogen-bond donors (Lipinski definition) is 2. The summed E-state index contributed by atoms with van der Waals surface area (Å²) in [4.78, 5) is 1.36. The Kier molecular flexibility index (Phi) is 6.19. The van der Waals surface area contributed by atoms with Crippen molar-refractivity contribution in [2.45, 2.75) is 50.5 Å². The molecule has 102 valence electrons. The average Bonchev–Trinajstić information content (AvgIpc) is 2.38. The maximum absolute atomic E-state index is 9.25. The molecule has 18 heavy (non-hydrogen) atoms. The lowest BCUT2D eigenvalue weighted by atomic mass is 9.93. The summed E-state index contributed by atoms with van der Waals surface area (Å²) < 4.78 is 0.